The number of rotatable bonds is 7. The molecule has 2 aliphatic rings. The molecular weight excluding hydrogens is 314 g/mol. The van der Waals surface area contributed by atoms with Gasteiger partial charge in [-0.2, -0.15) is 5.10 Å². The first-order valence-electron chi connectivity index (χ1n) is 9.66. The van der Waals surface area contributed by atoms with E-state index in [0.717, 1.165) is 58.3 Å². The molecule has 3 N–H and O–H groups in total. The molecule has 1 amide bonds. The van der Waals surface area contributed by atoms with E-state index >= 15 is 0 Å². The van der Waals surface area contributed by atoms with Crippen molar-refractivity contribution in [2.75, 3.05) is 27.2 Å². The van der Waals surface area contributed by atoms with Gasteiger partial charge >= 0.3 is 0 Å². The third-order valence-electron chi connectivity index (χ3n) is 6.21. The Morgan fingerprint density at radius 2 is 2.16 bits per heavy atom. The van der Waals surface area contributed by atoms with E-state index in [0.29, 0.717) is 5.92 Å². The van der Waals surface area contributed by atoms with Gasteiger partial charge in [0.1, 0.15) is 0 Å². The molecule has 0 unspecified atom stereocenters. The number of amides is 1. The number of nitrogens with one attached hydrogen (secondary N) is 1. The third kappa shape index (κ3) is 3.75. The third-order valence-corrected chi connectivity index (χ3v) is 6.21. The van der Waals surface area contributed by atoms with Crippen molar-refractivity contribution in [1.82, 2.24) is 20.0 Å². The number of carbonyl (C=O) groups excluding carboxylic acids is 1. The average molecular weight is 348 g/mol. The molecule has 25 heavy (non-hydrogen) atoms. The molecular formula is C19H33N5O. The van der Waals surface area contributed by atoms with Crippen LogP contribution in [0.25, 0.3) is 0 Å². The number of aryl methyl sites for hydroxylation is 1. The minimum atomic E-state index is -0.323. The number of likely N-dealkylation sites (N-methyl/N-ethyl adjacent to an activating group) is 2. The molecule has 0 atom stereocenters. The Morgan fingerprint density at radius 1 is 1.44 bits per heavy atom. The molecule has 140 valence electrons. The van der Waals surface area contributed by atoms with Crippen molar-refractivity contribution in [3.63, 3.8) is 0 Å². The molecule has 0 aromatic carbocycles. The number of nitrogens with zero attached hydrogens (tertiary/aromatic N) is 3. The van der Waals surface area contributed by atoms with Gasteiger partial charge in [-0.25, -0.2) is 0 Å². The fraction of sp³-hybridized carbons (Fsp3) is 0.789. The number of hydrogen-bond donors (Lipinski definition) is 2. The maximum atomic E-state index is 11.8. The Kier molecular flexibility index (Phi) is 5.49. The van der Waals surface area contributed by atoms with Crippen LogP contribution in [0.15, 0.2) is 0 Å². The van der Waals surface area contributed by atoms with Gasteiger partial charge < -0.3 is 11.1 Å². The summed E-state index contributed by atoms with van der Waals surface area (Å²) in [6.45, 7) is 5.98. The van der Waals surface area contributed by atoms with Gasteiger partial charge in [-0.15, -0.1) is 0 Å². The van der Waals surface area contributed by atoms with E-state index < -0.39 is 0 Å². The van der Waals surface area contributed by atoms with Gasteiger partial charge in [0.05, 0.1) is 5.69 Å². The summed E-state index contributed by atoms with van der Waals surface area (Å²) in [7, 11) is 4.15. The van der Waals surface area contributed by atoms with E-state index in [4.69, 9.17) is 10.8 Å². The van der Waals surface area contributed by atoms with Gasteiger partial charge in [-0.1, -0.05) is 6.92 Å². The molecule has 1 aromatic heterocycles. The highest BCUT2D eigenvalue weighted by molar-refractivity contribution is 5.80. The van der Waals surface area contributed by atoms with E-state index in [9.17, 15) is 4.79 Å². The first-order valence-corrected chi connectivity index (χ1v) is 9.66. The van der Waals surface area contributed by atoms with Gasteiger partial charge in [-0.3, -0.25) is 14.4 Å². The first-order chi connectivity index (χ1) is 11.9. The maximum Gasteiger partial charge on any atom is 0.223 e. The highest BCUT2D eigenvalue weighted by Crippen LogP contribution is 2.45. The van der Waals surface area contributed by atoms with Crippen LogP contribution in [-0.4, -0.2) is 47.8 Å². The van der Waals surface area contributed by atoms with Crippen LogP contribution < -0.4 is 11.1 Å². The zero-order valence-corrected chi connectivity index (χ0v) is 16.0. The molecule has 1 saturated carbocycles. The topological polar surface area (TPSA) is 76.2 Å². The van der Waals surface area contributed by atoms with Gasteiger partial charge in [0, 0.05) is 42.9 Å². The monoisotopic (exact) mass is 347 g/mol. The summed E-state index contributed by atoms with van der Waals surface area (Å²) in [5.41, 5.74) is 9.49. The standard InChI is InChI=1S/C19H33N5O/c1-19(18(20)25)8-6-14(7-9-19)17-15(13-23(3)12-10-21-2)22-24-11-4-5-16(17)24/h14,21H,4-13H2,1-3H3,(H2,20,25). The quantitative estimate of drug-likeness (QED) is 0.786. The lowest BCUT2D eigenvalue weighted by molar-refractivity contribution is -0.128. The fourth-order valence-electron chi connectivity index (χ4n) is 4.43. The molecule has 6 nitrogen and oxygen atoms in total. The summed E-state index contributed by atoms with van der Waals surface area (Å²) in [5, 5.41) is 8.16. The number of nitrogens with two attached hydrogens (primary N) is 1. The predicted molar refractivity (Wildman–Crippen MR) is 99.3 cm³/mol. The Bertz CT molecular complexity index is 616. The number of primary amides is 1. The summed E-state index contributed by atoms with van der Waals surface area (Å²) >= 11 is 0. The highest BCUT2D eigenvalue weighted by atomic mass is 16.1. The SMILES string of the molecule is CNCCN(C)Cc1nn2c(c1C1CCC(C)(C(N)=O)CC1)CCC2. The van der Waals surface area contributed by atoms with Crippen molar-refractivity contribution < 1.29 is 4.79 Å². The Morgan fingerprint density at radius 3 is 2.80 bits per heavy atom. The molecule has 3 rings (SSSR count). The molecule has 2 heterocycles. The smallest absolute Gasteiger partial charge is 0.223 e. The van der Waals surface area contributed by atoms with Crippen LogP contribution in [0, 0.1) is 5.41 Å². The van der Waals surface area contributed by atoms with Crippen LogP contribution in [0.3, 0.4) is 0 Å². The van der Waals surface area contributed by atoms with E-state index in [2.05, 4.69) is 21.9 Å². The Balaban J connectivity index is 1.77. The number of aromatic nitrogens is 2. The van der Waals surface area contributed by atoms with Crippen molar-refractivity contribution in [3.8, 4) is 0 Å². The van der Waals surface area contributed by atoms with Gasteiger partial charge in [-0.05, 0) is 58.5 Å². The summed E-state index contributed by atoms with van der Waals surface area (Å²) in [6, 6.07) is 0. The molecule has 1 fully saturated rings. The van der Waals surface area contributed by atoms with E-state index in [1.54, 1.807) is 0 Å². The molecule has 0 saturated heterocycles. The normalized spacial score (nSPS) is 26.2. The Labute approximate surface area is 151 Å². The zero-order chi connectivity index (χ0) is 18.0. The lowest BCUT2D eigenvalue weighted by Gasteiger charge is -2.35. The number of carbonyl (C=O) groups is 1. The number of fused-ring (bicyclic) bond motifs is 1. The largest absolute Gasteiger partial charge is 0.369 e. The Hall–Kier alpha value is -1.40. The van der Waals surface area contributed by atoms with Gasteiger partial charge in [0.2, 0.25) is 5.91 Å². The van der Waals surface area contributed by atoms with Crippen molar-refractivity contribution in [3.05, 3.63) is 17.0 Å². The van der Waals surface area contributed by atoms with Crippen LogP contribution >= 0.6 is 0 Å². The summed E-state index contributed by atoms with van der Waals surface area (Å²) in [6.07, 6.45) is 6.24. The second-order valence-electron chi connectivity index (χ2n) is 8.17. The van der Waals surface area contributed by atoms with Crippen LogP contribution in [0.2, 0.25) is 0 Å². The van der Waals surface area contributed by atoms with Crippen LogP contribution in [-0.2, 0) is 24.3 Å². The minimum absolute atomic E-state index is 0.141. The average Bonchev–Trinajstić information content (AvgIpc) is 3.14. The molecule has 0 radical (unpaired) electrons. The van der Waals surface area contributed by atoms with Gasteiger partial charge in [0.25, 0.3) is 0 Å². The molecule has 0 bridgehead atoms. The lowest BCUT2D eigenvalue weighted by Crippen LogP contribution is -2.37. The predicted octanol–water partition coefficient (Wildman–Crippen LogP) is 1.63. The highest BCUT2D eigenvalue weighted by Gasteiger charge is 2.38. The zero-order valence-electron chi connectivity index (χ0n) is 16.0. The minimum Gasteiger partial charge on any atom is -0.369 e. The van der Waals surface area contributed by atoms with Crippen LogP contribution in [0.4, 0.5) is 0 Å². The van der Waals surface area contributed by atoms with Crippen LogP contribution in [0.1, 0.15) is 61.9 Å². The summed E-state index contributed by atoms with van der Waals surface area (Å²) in [4.78, 5) is 14.1. The summed E-state index contributed by atoms with van der Waals surface area (Å²) in [5.74, 6) is 0.389. The maximum absolute atomic E-state index is 11.8. The van der Waals surface area contributed by atoms with Crippen molar-refractivity contribution in [1.29, 1.82) is 0 Å². The second-order valence-corrected chi connectivity index (χ2v) is 8.17. The molecule has 1 aromatic rings. The van der Waals surface area contributed by atoms with E-state index in [-0.39, 0.29) is 11.3 Å². The van der Waals surface area contributed by atoms with E-state index in [1.165, 1.54) is 23.4 Å². The lowest BCUT2D eigenvalue weighted by atomic mass is 9.69. The second kappa shape index (κ2) is 7.46. The molecule has 6 heteroatoms. The number of hydrogen-bond acceptors (Lipinski definition) is 4. The molecule has 0 spiro atoms. The summed E-state index contributed by atoms with van der Waals surface area (Å²) < 4.78 is 2.23. The van der Waals surface area contributed by atoms with E-state index in [1.807, 2.05) is 14.0 Å². The van der Waals surface area contributed by atoms with Gasteiger partial charge in [0.15, 0.2) is 0 Å². The van der Waals surface area contributed by atoms with Crippen LogP contribution in [0.5, 0.6) is 0 Å². The van der Waals surface area contributed by atoms with Crippen molar-refractivity contribution >= 4 is 5.91 Å². The first kappa shape index (κ1) is 18.4. The van der Waals surface area contributed by atoms with Crippen molar-refractivity contribution in [2.45, 2.75) is 64.5 Å². The molecule has 1 aliphatic carbocycles. The van der Waals surface area contributed by atoms with Crippen molar-refractivity contribution in [2.24, 2.45) is 11.1 Å². The fourth-order valence-corrected chi connectivity index (χ4v) is 4.43. The molecule has 1 aliphatic heterocycles.